The van der Waals surface area contributed by atoms with Crippen LogP contribution >= 0.6 is 0 Å². The van der Waals surface area contributed by atoms with E-state index >= 15 is 0 Å². The van der Waals surface area contributed by atoms with Crippen molar-refractivity contribution >= 4 is 5.91 Å². The van der Waals surface area contributed by atoms with Gasteiger partial charge in [0.2, 0.25) is 0 Å². The fourth-order valence-electron chi connectivity index (χ4n) is 4.72. The van der Waals surface area contributed by atoms with Crippen LogP contribution in [0.2, 0.25) is 0 Å². The van der Waals surface area contributed by atoms with Crippen molar-refractivity contribution < 1.29 is 9.53 Å². The number of carbonyl (C=O) groups excluding carboxylic acids is 1. The highest BCUT2D eigenvalue weighted by Crippen LogP contribution is 2.36. The van der Waals surface area contributed by atoms with E-state index in [1.165, 1.54) is 19.4 Å². The normalized spacial score (nSPS) is 29.7. The number of hydrogen-bond acceptors (Lipinski definition) is 4. The first-order valence-corrected chi connectivity index (χ1v) is 9.56. The molecule has 1 amide bonds. The topological polar surface area (TPSA) is 45.7 Å². The summed E-state index contributed by atoms with van der Waals surface area (Å²) in [5, 5.41) is 0. The number of nitrogens with zero attached hydrogens (tertiary/aromatic N) is 3. The first-order valence-electron chi connectivity index (χ1n) is 9.56. The molecule has 1 aliphatic carbocycles. The molecule has 3 atom stereocenters. The summed E-state index contributed by atoms with van der Waals surface area (Å²) in [4.78, 5) is 22.3. The Morgan fingerprint density at radius 2 is 1.92 bits per heavy atom. The maximum Gasteiger partial charge on any atom is 0.254 e. The van der Waals surface area contributed by atoms with Crippen LogP contribution in [0.5, 0.6) is 0 Å². The first kappa shape index (κ1) is 17.0. The van der Waals surface area contributed by atoms with Crippen molar-refractivity contribution in [1.29, 1.82) is 0 Å². The molecule has 5 nitrogen and oxygen atoms in total. The highest BCUT2D eigenvalue weighted by molar-refractivity contribution is 5.94. The van der Waals surface area contributed by atoms with E-state index in [1.54, 1.807) is 0 Å². The molecule has 3 fully saturated rings. The fraction of sp³-hybridized carbons (Fsp3) is 0.700. The quantitative estimate of drug-likeness (QED) is 0.841. The van der Waals surface area contributed by atoms with Crippen molar-refractivity contribution in [3.05, 3.63) is 29.1 Å². The van der Waals surface area contributed by atoms with Crippen LogP contribution in [-0.4, -0.2) is 66.1 Å². The molecule has 0 aromatic carbocycles. The Bertz CT molecular complexity index is 638. The minimum atomic E-state index is 0.159. The molecule has 5 heteroatoms. The second kappa shape index (κ2) is 6.69. The molecule has 3 heterocycles. The zero-order valence-electron chi connectivity index (χ0n) is 15.6. The number of pyridine rings is 1. The molecule has 3 aliphatic rings. The average Bonchev–Trinajstić information content (AvgIpc) is 3.28. The lowest BCUT2D eigenvalue weighted by molar-refractivity contribution is -0.0156. The number of rotatable bonds is 4. The number of hydrogen-bond donors (Lipinski definition) is 0. The van der Waals surface area contributed by atoms with Gasteiger partial charge in [0.05, 0.1) is 12.1 Å². The number of aromatic nitrogens is 1. The largest absolute Gasteiger partial charge is 0.381 e. The third-order valence-corrected chi connectivity index (χ3v) is 6.05. The molecule has 1 saturated carbocycles. The number of carbonyl (C=O) groups is 1. The van der Waals surface area contributed by atoms with Gasteiger partial charge >= 0.3 is 0 Å². The van der Waals surface area contributed by atoms with E-state index < -0.39 is 0 Å². The number of fused-ring (bicyclic) bond motifs is 1. The highest BCUT2D eigenvalue weighted by Gasteiger charge is 2.46. The summed E-state index contributed by atoms with van der Waals surface area (Å²) in [6.45, 7) is 7.95. The fourth-order valence-corrected chi connectivity index (χ4v) is 4.72. The molecule has 2 aliphatic heterocycles. The Hall–Kier alpha value is -1.46. The van der Waals surface area contributed by atoms with Gasteiger partial charge < -0.3 is 14.5 Å². The summed E-state index contributed by atoms with van der Waals surface area (Å²) < 4.78 is 5.77. The third kappa shape index (κ3) is 3.44. The van der Waals surface area contributed by atoms with Gasteiger partial charge in [-0.1, -0.05) is 0 Å². The van der Waals surface area contributed by atoms with Gasteiger partial charge in [0, 0.05) is 56.2 Å². The number of aryl methyl sites for hydroxylation is 2. The molecule has 25 heavy (non-hydrogen) atoms. The van der Waals surface area contributed by atoms with Gasteiger partial charge in [0.25, 0.3) is 5.91 Å². The van der Waals surface area contributed by atoms with Crippen molar-refractivity contribution in [3.8, 4) is 0 Å². The van der Waals surface area contributed by atoms with E-state index in [-0.39, 0.29) is 18.1 Å². The monoisotopic (exact) mass is 343 g/mol. The van der Waals surface area contributed by atoms with Crippen LogP contribution in [0, 0.1) is 25.7 Å². The van der Waals surface area contributed by atoms with Crippen molar-refractivity contribution in [2.75, 3.05) is 33.3 Å². The van der Waals surface area contributed by atoms with Crippen molar-refractivity contribution in [2.24, 2.45) is 11.8 Å². The number of amides is 1. The number of likely N-dealkylation sites (tertiary alicyclic amines) is 2. The van der Waals surface area contributed by atoms with Crippen LogP contribution in [0.3, 0.4) is 0 Å². The summed E-state index contributed by atoms with van der Waals surface area (Å²) >= 11 is 0. The summed E-state index contributed by atoms with van der Waals surface area (Å²) in [5.74, 6) is 1.48. The Balaban J connectivity index is 1.55. The van der Waals surface area contributed by atoms with Crippen LogP contribution in [0.4, 0.5) is 0 Å². The predicted molar refractivity (Wildman–Crippen MR) is 96.6 cm³/mol. The second-order valence-corrected chi connectivity index (χ2v) is 8.09. The average molecular weight is 343 g/mol. The second-order valence-electron chi connectivity index (χ2n) is 8.09. The molecule has 0 spiro atoms. The maximum atomic E-state index is 13.2. The Labute approximate surface area is 150 Å². The molecule has 1 aromatic rings. The lowest BCUT2D eigenvalue weighted by atomic mass is 9.88. The minimum absolute atomic E-state index is 0.159. The standard InChI is InChI=1S/C20H29N3O2/c1-13-8-16(9-14(2)21-13)20(24)23-7-6-19(25-3)17-11-22(12-18(17)23)10-15-4-5-15/h8-9,15,17-19H,4-7,10-12H2,1-3H3/t17-,18+,19-/m0/s1. The number of methoxy groups -OCH3 is 1. The van der Waals surface area contributed by atoms with E-state index in [9.17, 15) is 4.79 Å². The predicted octanol–water partition coefficient (Wildman–Crippen LogP) is 2.27. The van der Waals surface area contributed by atoms with Crippen molar-refractivity contribution in [2.45, 2.75) is 45.3 Å². The SMILES string of the molecule is CO[C@H]1CCN(C(=O)c2cc(C)nc(C)c2)[C@@H]2CN(CC3CC3)C[C@H]12. The minimum Gasteiger partial charge on any atom is -0.381 e. The van der Waals surface area contributed by atoms with E-state index in [4.69, 9.17) is 4.74 Å². The van der Waals surface area contributed by atoms with E-state index in [0.717, 1.165) is 48.9 Å². The highest BCUT2D eigenvalue weighted by atomic mass is 16.5. The van der Waals surface area contributed by atoms with Crippen LogP contribution in [0.15, 0.2) is 12.1 Å². The molecule has 1 aromatic heterocycles. The summed E-state index contributed by atoms with van der Waals surface area (Å²) in [5.41, 5.74) is 2.60. The van der Waals surface area contributed by atoms with E-state index in [0.29, 0.717) is 5.92 Å². The van der Waals surface area contributed by atoms with E-state index in [2.05, 4.69) is 14.8 Å². The van der Waals surface area contributed by atoms with Gasteiger partial charge in [-0.25, -0.2) is 0 Å². The molecule has 0 unspecified atom stereocenters. The zero-order valence-corrected chi connectivity index (χ0v) is 15.6. The summed E-state index contributed by atoms with van der Waals surface area (Å²) in [6.07, 6.45) is 3.96. The molecule has 0 radical (unpaired) electrons. The van der Waals surface area contributed by atoms with E-state index in [1.807, 2.05) is 33.1 Å². The van der Waals surface area contributed by atoms with Gasteiger partial charge in [-0.3, -0.25) is 9.78 Å². The third-order valence-electron chi connectivity index (χ3n) is 6.05. The number of ether oxygens (including phenoxy) is 1. The molecule has 2 saturated heterocycles. The molecule has 4 rings (SSSR count). The zero-order chi connectivity index (χ0) is 17.6. The maximum absolute atomic E-state index is 13.2. The lowest BCUT2D eigenvalue weighted by Gasteiger charge is -2.41. The van der Waals surface area contributed by atoms with Crippen LogP contribution in [-0.2, 0) is 4.74 Å². The molecule has 136 valence electrons. The molecule has 0 N–H and O–H groups in total. The smallest absolute Gasteiger partial charge is 0.254 e. The molecular formula is C20H29N3O2. The Kier molecular flexibility index (Phi) is 4.54. The van der Waals surface area contributed by atoms with Gasteiger partial charge in [0.15, 0.2) is 0 Å². The summed E-state index contributed by atoms with van der Waals surface area (Å²) in [6, 6.07) is 4.12. The van der Waals surface area contributed by atoms with Gasteiger partial charge in [-0.2, -0.15) is 0 Å². The van der Waals surface area contributed by atoms with Crippen molar-refractivity contribution in [3.63, 3.8) is 0 Å². The Morgan fingerprint density at radius 3 is 2.56 bits per heavy atom. The van der Waals surface area contributed by atoms with Gasteiger partial charge in [-0.05, 0) is 51.2 Å². The van der Waals surface area contributed by atoms with Crippen LogP contribution in [0.1, 0.15) is 41.0 Å². The summed E-state index contributed by atoms with van der Waals surface area (Å²) in [7, 11) is 1.82. The molecular weight excluding hydrogens is 314 g/mol. The lowest BCUT2D eigenvalue weighted by Crippen LogP contribution is -2.53. The molecule has 0 bridgehead atoms. The van der Waals surface area contributed by atoms with Crippen LogP contribution < -0.4 is 0 Å². The van der Waals surface area contributed by atoms with Gasteiger partial charge in [0.1, 0.15) is 0 Å². The van der Waals surface area contributed by atoms with Gasteiger partial charge in [-0.15, -0.1) is 0 Å². The number of piperidine rings is 1. The van der Waals surface area contributed by atoms with Crippen molar-refractivity contribution in [1.82, 2.24) is 14.8 Å². The van der Waals surface area contributed by atoms with Crippen LogP contribution in [0.25, 0.3) is 0 Å². The Morgan fingerprint density at radius 1 is 1.20 bits per heavy atom. The first-order chi connectivity index (χ1) is 12.0.